The van der Waals surface area contributed by atoms with Crippen molar-refractivity contribution in [3.63, 3.8) is 0 Å². The average Bonchev–Trinajstić information content (AvgIpc) is 2.39. The number of carboxylic acids is 2. The maximum Gasteiger partial charge on any atom is 0.307 e. The Kier molecular flexibility index (Phi) is 5.97. The fourth-order valence-electron chi connectivity index (χ4n) is 1.62. The van der Waals surface area contributed by atoms with Crippen LogP contribution in [0.2, 0.25) is 0 Å². The first-order valence-electron chi connectivity index (χ1n) is 6.04. The third kappa shape index (κ3) is 5.82. The molecule has 104 valence electrons. The van der Waals surface area contributed by atoms with E-state index in [0.717, 1.165) is 23.6 Å². The molecule has 0 aliphatic heterocycles. The highest BCUT2D eigenvalue weighted by molar-refractivity contribution is 5.71. The first-order valence-corrected chi connectivity index (χ1v) is 6.04. The zero-order valence-corrected chi connectivity index (χ0v) is 11.1. The van der Waals surface area contributed by atoms with Crippen LogP contribution in [0.5, 0.6) is 0 Å². The molecule has 0 heterocycles. The summed E-state index contributed by atoms with van der Waals surface area (Å²) < 4.78 is 0. The molecule has 2 rings (SSSR count). The van der Waals surface area contributed by atoms with Gasteiger partial charge in [-0.2, -0.15) is 0 Å². The Bertz CT molecular complexity index is 555. The van der Waals surface area contributed by atoms with Crippen molar-refractivity contribution in [1.82, 2.24) is 0 Å². The minimum atomic E-state index is -0.833. The van der Waals surface area contributed by atoms with Crippen molar-refractivity contribution in [3.8, 4) is 11.1 Å². The van der Waals surface area contributed by atoms with E-state index in [1.807, 2.05) is 54.6 Å². The number of carboxylic acid groups (broad SMARTS) is 2. The molecule has 0 bridgehead atoms. The second-order valence-corrected chi connectivity index (χ2v) is 4.15. The molecule has 4 heteroatoms. The van der Waals surface area contributed by atoms with Crippen LogP contribution in [0.25, 0.3) is 11.1 Å². The van der Waals surface area contributed by atoms with E-state index in [4.69, 9.17) is 15.0 Å². The average molecular weight is 272 g/mol. The lowest BCUT2D eigenvalue weighted by atomic mass is 10.0. The molecule has 0 amide bonds. The Labute approximate surface area is 117 Å². The summed E-state index contributed by atoms with van der Waals surface area (Å²) in [7, 11) is 0. The lowest BCUT2D eigenvalue weighted by molar-refractivity contribution is -0.136. The Hall–Kier alpha value is -2.62. The second-order valence-electron chi connectivity index (χ2n) is 4.15. The molecule has 0 aliphatic carbocycles. The Morgan fingerprint density at radius 3 is 1.75 bits per heavy atom. The highest BCUT2D eigenvalue weighted by Gasteiger charge is 2.01. The summed E-state index contributed by atoms with van der Waals surface area (Å²) >= 11 is 0. The number of hydrogen-bond acceptors (Lipinski definition) is 2. The van der Waals surface area contributed by atoms with Crippen LogP contribution >= 0.6 is 0 Å². The van der Waals surface area contributed by atoms with E-state index in [1.165, 1.54) is 0 Å². The molecule has 0 unspecified atom stereocenters. The fourth-order valence-corrected chi connectivity index (χ4v) is 1.62. The summed E-state index contributed by atoms with van der Waals surface area (Å²) in [4.78, 5) is 19.5. The molecule has 0 saturated heterocycles. The van der Waals surface area contributed by atoms with Gasteiger partial charge in [-0.15, -0.1) is 0 Å². The SMILES string of the molecule is CC(=O)O.O=C(O)Cc1ccc(-c2ccccc2)cc1. The van der Waals surface area contributed by atoms with Crippen LogP contribution in [0, 0.1) is 0 Å². The van der Waals surface area contributed by atoms with Gasteiger partial charge in [0.05, 0.1) is 6.42 Å². The molecule has 0 spiro atoms. The maximum atomic E-state index is 10.5. The first-order chi connectivity index (χ1) is 9.49. The zero-order valence-electron chi connectivity index (χ0n) is 11.1. The Balaban J connectivity index is 0.000000444. The molecule has 0 saturated carbocycles. The third-order valence-corrected chi connectivity index (χ3v) is 2.42. The van der Waals surface area contributed by atoms with E-state index < -0.39 is 11.9 Å². The molecular formula is C16H16O4. The number of benzene rings is 2. The highest BCUT2D eigenvalue weighted by atomic mass is 16.4. The van der Waals surface area contributed by atoms with Crippen LogP contribution in [0.4, 0.5) is 0 Å². The van der Waals surface area contributed by atoms with E-state index in [2.05, 4.69) is 0 Å². The quantitative estimate of drug-likeness (QED) is 0.900. The van der Waals surface area contributed by atoms with Crippen molar-refractivity contribution in [2.45, 2.75) is 13.3 Å². The number of hydrogen-bond donors (Lipinski definition) is 2. The Morgan fingerprint density at radius 2 is 1.30 bits per heavy atom. The maximum absolute atomic E-state index is 10.5. The van der Waals surface area contributed by atoms with E-state index >= 15 is 0 Å². The fraction of sp³-hybridized carbons (Fsp3) is 0.125. The van der Waals surface area contributed by atoms with Gasteiger partial charge in [-0.05, 0) is 16.7 Å². The van der Waals surface area contributed by atoms with Gasteiger partial charge in [0.2, 0.25) is 0 Å². The molecular weight excluding hydrogens is 256 g/mol. The summed E-state index contributed by atoms with van der Waals surface area (Å²) in [5, 5.41) is 16.1. The third-order valence-electron chi connectivity index (χ3n) is 2.42. The van der Waals surface area contributed by atoms with Crippen LogP contribution in [-0.4, -0.2) is 22.2 Å². The van der Waals surface area contributed by atoms with Crippen molar-refractivity contribution < 1.29 is 19.8 Å². The lowest BCUT2D eigenvalue weighted by Gasteiger charge is -2.02. The zero-order chi connectivity index (χ0) is 15.0. The molecule has 0 fully saturated rings. The summed E-state index contributed by atoms with van der Waals surface area (Å²) in [5.41, 5.74) is 3.08. The van der Waals surface area contributed by atoms with E-state index in [9.17, 15) is 4.79 Å². The minimum absolute atomic E-state index is 0.0784. The predicted octanol–water partition coefficient (Wildman–Crippen LogP) is 3.07. The summed E-state index contributed by atoms with van der Waals surface area (Å²) in [6, 6.07) is 17.6. The van der Waals surface area contributed by atoms with E-state index in [1.54, 1.807) is 0 Å². The van der Waals surface area contributed by atoms with Crippen LogP contribution < -0.4 is 0 Å². The Morgan fingerprint density at radius 1 is 0.850 bits per heavy atom. The molecule has 2 aromatic rings. The molecule has 0 atom stereocenters. The summed E-state index contributed by atoms with van der Waals surface area (Å²) in [6.07, 6.45) is 0.0784. The molecule has 4 nitrogen and oxygen atoms in total. The molecule has 2 aromatic carbocycles. The lowest BCUT2D eigenvalue weighted by Crippen LogP contribution is -1.99. The number of aliphatic carboxylic acids is 2. The highest BCUT2D eigenvalue weighted by Crippen LogP contribution is 2.19. The van der Waals surface area contributed by atoms with Crippen LogP contribution in [0.1, 0.15) is 12.5 Å². The number of rotatable bonds is 3. The van der Waals surface area contributed by atoms with Gasteiger partial charge in [0.25, 0.3) is 5.97 Å². The van der Waals surface area contributed by atoms with Crippen molar-refractivity contribution >= 4 is 11.9 Å². The molecule has 0 radical (unpaired) electrons. The van der Waals surface area contributed by atoms with Crippen LogP contribution in [0.3, 0.4) is 0 Å². The van der Waals surface area contributed by atoms with Crippen molar-refractivity contribution in [2.75, 3.05) is 0 Å². The molecule has 0 aromatic heterocycles. The molecule has 20 heavy (non-hydrogen) atoms. The van der Waals surface area contributed by atoms with E-state index in [-0.39, 0.29) is 6.42 Å². The largest absolute Gasteiger partial charge is 0.481 e. The van der Waals surface area contributed by atoms with Gasteiger partial charge in [-0.1, -0.05) is 54.6 Å². The topological polar surface area (TPSA) is 74.6 Å². The smallest absolute Gasteiger partial charge is 0.307 e. The molecule has 2 N–H and O–H groups in total. The normalized spacial score (nSPS) is 9.25. The standard InChI is InChI=1S/C14H12O2.C2H4O2/c15-14(16)10-11-6-8-13(9-7-11)12-4-2-1-3-5-12;1-2(3)4/h1-9H,10H2,(H,15,16);1H3,(H,3,4). The van der Waals surface area contributed by atoms with Crippen LogP contribution in [0.15, 0.2) is 54.6 Å². The van der Waals surface area contributed by atoms with Crippen molar-refractivity contribution in [2.24, 2.45) is 0 Å². The van der Waals surface area contributed by atoms with Gasteiger partial charge < -0.3 is 10.2 Å². The van der Waals surface area contributed by atoms with Gasteiger partial charge >= 0.3 is 5.97 Å². The van der Waals surface area contributed by atoms with Gasteiger partial charge in [-0.25, -0.2) is 0 Å². The van der Waals surface area contributed by atoms with Gasteiger partial charge in [-0.3, -0.25) is 9.59 Å². The number of carbonyl (C=O) groups is 2. The van der Waals surface area contributed by atoms with Gasteiger partial charge in [0.1, 0.15) is 0 Å². The van der Waals surface area contributed by atoms with Gasteiger partial charge in [0, 0.05) is 6.92 Å². The summed E-state index contributed by atoms with van der Waals surface area (Å²) in [6.45, 7) is 1.08. The first kappa shape index (κ1) is 15.4. The predicted molar refractivity (Wildman–Crippen MR) is 76.5 cm³/mol. The summed E-state index contributed by atoms with van der Waals surface area (Å²) in [5.74, 6) is -1.63. The minimum Gasteiger partial charge on any atom is -0.481 e. The van der Waals surface area contributed by atoms with E-state index in [0.29, 0.717) is 0 Å². The second kappa shape index (κ2) is 7.74. The van der Waals surface area contributed by atoms with Crippen molar-refractivity contribution in [1.29, 1.82) is 0 Å². The monoisotopic (exact) mass is 272 g/mol. The van der Waals surface area contributed by atoms with Gasteiger partial charge in [0.15, 0.2) is 0 Å². The van der Waals surface area contributed by atoms with Crippen LogP contribution in [-0.2, 0) is 16.0 Å². The van der Waals surface area contributed by atoms with Crippen molar-refractivity contribution in [3.05, 3.63) is 60.2 Å². The molecule has 0 aliphatic rings.